The maximum Gasteiger partial charge on any atom is 0.421 e. The van der Waals surface area contributed by atoms with Gasteiger partial charge in [0.05, 0.1) is 0 Å². The van der Waals surface area contributed by atoms with Crippen LogP contribution in [-0.2, 0) is 30.2 Å². The van der Waals surface area contributed by atoms with Crippen molar-refractivity contribution in [3.63, 3.8) is 0 Å². The molecule has 176 valence electrons. The van der Waals surface area contributed by atoms with Gasteiger partial charge in [0.2, 0.25) is 11.9 Å². The molecule has 2 aromatic carbocycles. The van der Waals surface area contributed by atoms with Gasteiger partial charge >= 0.3 is 6.18 Å². The summed E-state index contributed by atoms with van der Waals surface area (Å²) in [5.41, 5.74) is 4.30. The van der Waals surface area contributed by atoms with E-state index in [9.17, 15) is 18.0 Å². The molecule has 1 amide bonds. The van der Waals surface area contributed by atoms with E-state index in [0.29, 0.717) is 24.2 Å². The van der Waals surface area contributed by atoms with Crippen molar-refractivity contribution in [1.82, 2.24) is 9.97 Å². The van der Waals surface area contributed by atoms with Gasteiger partial charge < -0.3 is 16.0 Å². The summed E-state index contributed by atoms with van der Waals surface area (Å²) in [6.45, 7) is 0. The molecule has 0 radical (unpaired) electrons. The number of fused-ring (bicyclic) bond motifs is 2. The number of aryl methyl sites for hydroxylation is 2. The number of halogens is 3. The highest BCUT2D eigenvalue weighted by molar-refractivity contribution is 5.94. The van der Waals surface area contributed by atoms with Gasteiger partial charge in [-0.05, 0) is 73.1 Å². The minimum atomic E-state index is -4.62. The van der Waals surface area contributed by atoms with Crippen LogP contribution < -0.4 is 16.0 Å². The van der Waals surface area contributed by atoms with Crippen LogP contribution in [0.25, 0.3) is 0 Å². The van der Waals surface area contributed by atoms with Gasteiger partial charge in [-0.1, -0.05) is 18.6 Å². The van der Waals surface area contributed by atoms with E-state index in [4.69, 9.17) is 0 Å². The monoisotopic (exact) mass is 467 g/mol. The summed E-state index contributed by atoms with van der Waals surface area (Å²) in [7, 11) is 0. The topological polar surface area (TPSA) is 78.9 Å². The van der Waals surface area contributed by atoms with Crippen LogP contribution >= 0.6 is 0 Å². The Morgan fingerprint density at radius 2 is 1.76 bits per heavy atom. The lowest BCUT2D eigenvalue weighted by molar-refractivity contribution is -0.137. The molecule has 3 aromatic rings. The second kappa shape index (κ2) is 8.96. The summed E-state index contributed by atoms with van der Waals surface area (Å²) in [5, 5.41) is 8.73. The van der Waals surface area contributed by atoms with Crippen molar-refractivity contribution < 1.29 is 18.0 Å². The molecule has 0 saturated carbocycles. The summed E-state index contributed by atoms with van der Waals surface area (Å²) >= 11 is 0. The van der Waals surface area contributed by atoms with Crippen LogP contribution in [0.5, 0.6) is 0 Å². The Hall–Kier alpha value is -3.62. The zero-order valence-corrected chi connectivity index (χ0v) is 18.4. The first kappa shape index (κ1) is 22.2. The predicted octanol–water partition coefficient (Wildman–Crippen LogP) is 6.14. The van der Waals surface area contributed by atoms with E-state index in [2.05, 4.69) is 32.0 Å². The molecular weight excluding hydrogens is 443 g/mol. The van der Waals surface area contributed by atoms with E-state index < -0.39 is 11.7 Å². The van der Waals surface area contributed by atoms with Gasteiger partial charge in [-0.15, -0.1) is 0 Å². The molecule has 0 unspecified atom stereocenters. The summed E-state index contributed by atoms with van der Waals surface area (Å²) < 4.78 is 41.1. The number of amides is 1. The van der Waals surface area contributed by atoms with Crippen molar-refractivity contribution in [2.24, 2.45) is 0 Å². The summed E-state index contributed by atoms with van der Waals surface area (Å²) in [6, 6.07) is 11.0. The first-order valence-corrected chi connectivity index (χ1v) is 11.4. The average molecular weight is 467 g/mol. The van der Waals surface area contributed by atoms with Crippen LogP contribution in [-0.4, -0.2) is 15.9 Å². The Kier molecular flexibility index (Phi) is 5.85. The molecule has 6 nitrogen and oxygen atoms in total. The third kappa shape index (κ3) is 4.69. The van der Waals surface area contributed by atoms with Crippen molar-refractivity contribution in [2.75, 3.05) is 16.0 Å². The molecule has 0 bridgehead atoms. The number of benzene rings is 2. The van der Waals surface area contributed by atoms with E-state index in [-0.39, 0.29) is 17.7 Å². The largest absolute Gasteiger partial charge is 0.421 e. The van der Waals surface area contributed by atoms with Crippen molar-refractivity contribution >= 4 is 34.7 Å². The maximum absolute atomic E-state index is 13.7. The summed E-state index contributed by atoms with van der Waals surface area (Å²) in [6.07, 6.45) is 2.32. The molecule has 1 aromatic heterocycles. The smallest absolute Gasteiger partial charge is 0.340 e. The zero-order chi connectivity index (χ0) is 23.7. The molecular formula is C25H24F3N5O. The Morgan fingerprint density at radius 3 is 2.62 bits per heavy atom. The van der Waals surface area contributed by atoms with E-state index in [0.717, 1.165) is 49.6 Å². The first-order chi connectivity index (χ1) is 16.4. The van der Waals surface area contributed by atoms with Crippen LogP contribution in [0.4, 0.5) is 42.0 Å². The van der Waals surface area contributed by atoms with Gasteiger partial charge in [-0.3, -0.25) is 4.79 Å². The minimum Gasteiger partial charge on any atom is -0.340 e. The number of nitrogens with zero attached hydrogens (tertiary/aromatic N) is 2. The number of carbonyl (C=O) groups is 1. The third-order valence-electron chi connectivity index (χ3n) is 6.25. The Labute approximate surface area is 195 Å². The second-order valence-corrected chi connectivity index (χ2v) is 8.63. The molecule has 0 atom stereocenters. The average Bonchev–Trinajstić information content (AvgIpc) is 3.05. The quantitative estimate of drug-likeness (QED) is 0.402. The van der Waals surface area contributed by atoms with E-state index in [1.807, 2.05) is 12.1 Å². The first-order valence-electron chi connectivity index (χ1n) is 11.4. The van der Waals surface area contributed by atoms with Crippen molar-refractivity contribution in [2.45, 2.75) is 51.1 Å². The molecule has 34 heavy (non-hydrogen) atoms. The fraction of sp³-hybridized carbons (Fsp3) is 0.320. The Balaban J connectivity index is 1.46. The molecule has 0 saturated heterocycles. The second-order valence-electron chi connectivity index (χ2n) is 8.63. The fourth-order valence-electron chi connectivity index (χ4n) is 4.54. The molecule has 1 aliphatic carbocycles. The van der Waals surface area contributed by atoms with E-state index in [1.165, 1.54) is 11.1 Å². The molecule has 1 aliphatic heterocycles. The highest BCUT2D eigenvalue weighted by Gasteiger charge is 2.35. The van der Waals surface area contributed by atoms with Crippen molar-refractivity contribution in [1.29, 1.82) is 0 Å². The van der Waals surface area contributed by atoms with Crippen LogP contribution in [0.15, 0.2) is 42.6 Å². The van der Waals surface area contributed by atoms with Gasteiger partial charge in [0.1, 0.15) is 11.4 Å². The number of hydrogen-bond donors (Lipinski definition) is 3. The van der Waals surface area contributed by atoms with Crippen LogP contribution in [0.3, 0.4) is 0 Å². The number of aromatic nitrogens is 2. The normalized spacial score (nSPS) is 15.6. The van der Waals surface area contributed by atoms with Crippen molar-refractivity contribution in [3.8, 4) is 0 Å². The number of carbonyl (C=O) groups excluding carboxylic acids is 1. The standard InChI is InChI=1S/C25H24F3N5O/c26-25(27,28)19-14-29-24(32-21-8-4-6-15-5-2-1-3-7-18(15)21)33-23(19)30-17-10-11-20-16(13-17)9-12-22(34)31-20/h4,6,8,10-11,13-14H,1-3,5,7,9,12H2,(H,31,34)(H2,29,30,32,33). The number of hydrogen-bond acceptors (Lipinski definition) is 5. The molecule has 5 rings (SSSR count). The molecule has 3 N–H and O–H groups in total. The summed E-state index contributed by atoms with van der Waals surface area (Å²) in [4.78, 5) is 19.7. The lowest BCUT2D eigenvalue weighted by Crippen LogP contribution is -2.19. The number of alkyl halides is 3. The molecule has 9 heteroatoms. The highest BCUT2D eigenvalue weighted by atomic mass is 19.4. The fourth-order valence-corrected chi connectivity index (χ4v) is 4.54. The third-order valence-corrected chi connectivity index (χ3v) is 6.25. The van der Waals surface area contributed by atoms with Crippen molar-refractivity contribution in [3.05, 3.63) is 64.8 Å². The summed E-state index contributed by atoms with van der Waals surface area (Å²) in [5.74, 6) is -0.303. The molecule has 2 heterocycles. The highest BCUT2D eigenvalue weighted by Crippen LogP contribution is 2.37. The van der Waals surface area contributed by atoms with Crippen LogP contribution in [0, 0.1) is 0 Å². The SMILES string of the molecule is O=C1CCc2cc(Nc3nc(Nc4cccc5c4CCCCC5)ncc3C(F)(F)F)ccc2N1. The van der Waals surface area contributed by atoms with Gasteiger partial charge in [-0.25, -0.2) is 4.98 Å². The van der Waals surface area contributed by atoms with Gasteiger partial charge in [0.15, 0.2) is 0 Å². The Morgan fingerprint density at radius 1 is 0.912 bits per heavy atom. The molecule has 0 fully saturated rings. The number of rotatable bonds is 4. The van der Waals surface area contributed by atoms with E-state index >= 15 is 0 Å². The zero-order valence-electron chi connectivity index (χ0n) is 18.4. The van der Waals surface area contributed by atoms with Gasteiger partial charge in [-0.2, -0.15) is 18.2 Å². The van der Waals surface area contributed by atoms with Crippen LogP contribution in [0.1, 0.15) is 47.9 Å². The number of nitrogens with one attached hydrogen (secondary N) is 3. The van der Waals surface area contributed by atoms with Crippen LogP contribution in [0.2, 0.25) is 0 Å². The molecule has 2 aliphatic rings. The lowest BCUT2D eigenvalue weighted by atomic mass is 10.0. The minimum absolute atomic E-state index is 0.0714. The lowest BCUT2D eigenvalue weighted by Gasteiger charge is -2.19. The van der Waals surface area contributed by atoms with Gasteiger partial charge in [0, 0.05) is 29.7 Å². The van der Waals surface area contributed by atoms with E-state index in [1.54, 1.807) is 18.2 Å². The maximum atomic E-state index is 13.7. The molecule has 0 spiro atoms. The Bertz CT molecular complexity index is 1240. The van der Waals surface area contributed by atoms with Gasteiger partial charge in [0.25, 0.3) is 0 Å². The number of anilines is 5. The predicted molar refractivity (Wildman–Crippen MR) is 125 cm³/mol.